The number of carbonyl (C=O) groups is 1. The number of carbonyl (C=O) groups excluding carboxylic acids is 1. The van der Waals surface area contributed by atoms with Gasteiger partial charge < -0.3 is 19.9 Å². The van der Waals surface area contributed by atoms with E-state index >= 15 is 0 Å². The molecule has 0 aliphatic carbocycles. The average molecular weight is 538 g/mol. The van der Waals surface area contributed by atoms with Crippen LogP contribution in [0, 0.1) is 0 Å². The Bertz CT molecular complexity index is 1360. The number of nitrogens with one attached hydrogen (secondary N) is 1. The summed E-state index contributed by atoms with van der Waals surface area (Å²) in [4.78, 5) is 18.8. The molecule has 1 aliphatic rings. The van der Waals surface area contributed by atoms with Crippen LogP contribution in [0.3, 0.4) is 0 Å². The Labute approximate surface area is 235 Å². The Hall–Kier alpha value is -3.88. The maximum absolute atomic E-state index is 12.5. The quantitative estimate of drug-likeness (QED) is 0.270. The lowest BCUT2D eigenvalue weighted by atomic mass is 9.99. The standard InChI is InChI=1S/C33H35N3O4/c1-23(25-7-4-3-5-8-25)36(2)21-30-19-31(26-12-10-24(22-37)11-13-26)40-33(39-30)27-14-16-29(17-15-27)35-32(38)28-9-6-18-34-20-28/h3-18,20,23,30-31,33,37H,19,21-22H2,1-2H3,(H,35,38)/t23-,30+,31-,33-/m0/s1. The molecule has 4 aromatic rings. The van der Waals surface area contributed by atoms with Crippen molar-refractivity contribution < 1.29 is 19.4 Å². The van der Waals surface area contributed by atoms with Gasteiger partial charge in [0, 0.05) is 42.7 Å². The molecule has 4 atom stereocenters. The molecule has 7 heteroatoms. The Kier molecular flexibility index (Phi) is 8.98. The van der Waals surface area contributed by atoms with Crippen molar-refractivity contribution >= 4 is 11.6 Å². The van der Waals surface area contributed by atoms with Gasteiger partial charge in [-0.1, -0.05) is 66.7 Å². The van der Waals surface area contributed by atoms with Crippen LogP contribution in [0.2, 0.25) is 0 Å². The first kappa shape index (κ1) is 27.7. The molecule has 1 amide bonds. The van der Waals surface area contributed by atoms with Crippen LogP contribution in [-0.2, 0) is 16.1 Å². The summed E-state index contributed by atoms with van der Waals surface area (Å²) in [6, 6.07) is 29.6. The molecule has 0 radical (unpaired) electrons. The van der Waals surface area contributed by atoms with E-state index in [2.05, 4.69) is 53.4 Å². The molecule has 1 aliphatic heterocycles. The van der Waals surface area contributed by atoms with Gasteiger partial charge in [-0.2, -0.15) is 0 Å². The summed E-state index contributed by atoms with van der Waals surface area (Å²) in [5.41, 5.74) is 5.22. The van der Waals surface area contributed by atoms with Crippen LogP contribution in [0.25, 0.3) is 0 Å². The monoisotopic (exact) mass is 537 g/mol. The van der Waals surface area contributed by atoms with Crippen LogP contribution < -0.4 is 5.32 Å². The van der Waals surface area contributed by atoms with Crippen molar-refractivity contribution in [2.45, 2.75) is 44.5 Å². The lowest BCUT2D eigenvalue weighted by molar-refractivity contribution is -0.253. The van der Waals surface area contributed by atoms with E-state index in [0.717, 1.165) is 23.2 Å². The van der Waals surface area contributed by atoms with Gasteiger partial charge in [-0.25, -0.2) is 0 Å². The third-order valence-electron chi connectivity index (χ3n) is 7.41. The van der Waals surface area contributed by atoms with Crippen LogP contribution in [0.15, 0.2) is 103 Å². The van der Waals surface area contributed by atoms with Gasteiger partial charge in [0.2, 0.25) is 0 Å². The highest BCUT2D eigenvalue weighted by molar-refractivity contribution is 6.04. The number of nitrogens with zero attached hydrogens (tertiary/aromatic N) is 2. The minimum Gasteiger partial charge on any atom is -0.392 e. The van der Waals surface area contributed by atoms with Gasteiger partial charge in [0.15, 0.2) is 6.29 Å². The molecule has 2 heterocycles. The average Bonchev–Trinajstić information content (AvgIpc) is 3.01. The molecular formula is C33H35N3O4. The summed E-state index contributed by atoms with van der Waals surface area (Å²) in [6.45, 7) is 2.95. The van der Waals surface area contributed by atoms with Gasteiger partial charge in [-0.3, -0.25) is 14.7 Å². The minimum absolute atomic E-state index is 0.00596. The Balaban J connectivity index is 1.32. The number of pyridine rings is 1. The topological polar surface area (TPSA) is 83.9 Å². The highest BCUT2D eigenvalue weighted by Gasteiger charge is 2.33. The van der Waals surface area contributed by atoms with Crippen molar-refractivity contribution in [3.8, 4) is 0 Å². The zero-order valence-corrected chi connectivity index (χ0v) is 22.8. The summed E-state index contributed by atoms with van der Waals surface area (Å²) in [6.07, 6.45) is 3.09. The van der Waals surface area contributed by atoms with Crippen LogP contribution in [0.1, 0.15) is 64.4 Å². The zero-order valence-electron chi connectivity index (χ0n) is 22.8. The molecule has 1 fully saturated rings. The maximum Gasteiger partial charge on any atom is 0.257 e. The fourth-order valence-corrected chi connectivity index (χ4v) is 4.92. The summed E-state index contributed by atoms with van der Waals surface area (Å²) in [5, 5.41) is 12.4. The third-order valence-corrected chi connectivity index (χ3v) is 7.41. The smallest absolute Gasteiger partial charge is 0.257 e. The van der Waals surface area contributed by atoms with E-state index in [1.54, 1.807) is 18.3 Å². The summed E-state index contributed by atoms with van der Waals surface area (Å²) < 4.78 is 13.0. The number of rotatable bonds is 9. The molecule has 3 aromatic carbocycles. The summed E-state index contributed by atoms with van der Waals surface area (Å²) in [5.74, 6) is -0.215. The number of aliphatic hydroxyl groups is 1. The normalized spacial score (nSPS) is 19.8. The first-order valence-electron chi connectivity index (χ1n) is 13.6. The van der Waals surface area contributed by atoms with Crippen molar-refractivity contribution in [1.29, 1.82) is 0 Å². The van der Waals surface area contributed by atoms with Gasteiger partial charge in [-0.05, 0) is 54.9 Å². The van der Waals surface area contributed by atoms with E-state index in [4.69, 9.17) is 9.47 Å². The van der Waals surface area contributed by atoms with Gasteiger partial charge >= 0.3 is 0 Å². The van der Waals surface area contributed by atoms with Gasteiger partial charge in [0.25, 0.3) is 5.91 Å². The predicted molar refractivity (Wildman–Crippen MR) is 155 cm³/mol. The first-order chi connectivity index (χ1) is 19.5. The lowest BCUT2D eigenvalue weighted by Crippen LogP contribution is -2.38. The number of aromatic nitrogens is 1. The summed E-state index contributed by atoms with van der Waals surface area (Å²) in [7, 11) is 2.12. The molecule has 40 heavy (non-hydrogen) atoms. The second-order valence-electron chi connectivity index (χ2n) is 10.2. The van der Waals surface area contributed by atoms with Crippen molar-refractivity contribution in [2.75, 3.05) is 18.9 Å². The van der Waals surface area contributed by atoms with E-state index < -0.39 is 6.29 Å². The number of hydrogen-bond acceptors (Lipinski definition) is 6. The van der Waals surface area contributed by atoms with Crippen molar-refractivity contribution in [3.63, 3.8) is 0 Å². The van der Waals surface area contributed by atoms with E-state index in [0.29, 0.717) is 17.7 Å². The van der Waals surface area contributed by atoms with Crippen LogP contribution in [-0.4, -0.2) is 40.6 Å². The molecule has 0 bridgehead atoms. The van der Waals surface area contributed by atoms with Crippen molar-refractivity contribution in [1.82, 2.24) is 9.88 Å². The van der Waals surface area contributed by atoms with Crippen LogP contribution in [0.4, 0.5) is 5.69 Å². The summed E-state index contributed by atoms with van der Waals surface area (Å²) >= 11 is 0. The number of amides is 1. The highest BCUT2D eigenvalue weighted by atomic mass is 16.7. The van der Waals surface area contributed by atoms with E-state index in [-0.39, 0.29) is 30.8 Å². The second-order valence-corrected chi connectivity index (χ2v) is 10.2. The highest BCUT2D eigenvalue weighted by Crippen LogP contribution is 2.39. The molecule has 1 saturated heterocycles. The molecule has 0 spiro atoms. The van der Waals surface area contributed by atoms with Crippen molar-refractivity contribution in [2.24, 2.45) is 0 Å². The van der Waals surface area contributed by atoms with Crippen molar-refractivity contribution in [3.05, 3.63) is 131 Å². The number of ether oxygens (including phenoxy) is 2. The fraction of sp³-hybridized carbons (Fsp3) is 0.273. The molecule has 7 nitrogen and oxygen atoms in total. The Morgan fingerprint density at radius 1 is 0.975 bits per heavy atom. The largest absolute Gasteiger partial charge is 0.392 e. The second kappa shape index (κ2) is 13.0. The number of anilines is 1. The molecular weight excluding hydrogens is 502 g/mol. The molecule has 2 N–H and O–H groups in total. The molecule has 1 aromatic heterocycles. The van der Waals surface area contributed by atoms with E-state index in [1.165, 1.54) is 11.8 Å². The SMILES string of the molecule is C[C@@H](c1ccccc1)N(C)C[C@H]1C[C@@H](c2ccc(CO)cc2)O[C@@H](c2ccc(NC(=O)c3cccnc3)cc2)O1. The van der Waals surface area contributed by atoms with E-state index in [1.807, 2.05) is 54.6 Å². The minimum atomic E-state index is -0.565. The number of aliphatic hydroxyl groups excluding tert-OH is 1. The van der Waals surface area contributed by atoms with E-state index in [9.17, 15) is 9.90 Å². The van der Waals surface area contributed by atoms with Crippen LogP contribution in [0.5, 0.6) is 0 Å². The molecule has 0 unspecified atom stereocenters. The molecule has 5 rings (SSSR count). The first-order valence-corrected chi connectivity index (χ1v) is 13.6. The third kappa shape index (κ3) is 6.81. The molecule has 0 saturated carbocycles. The lowest BCUT2D eigenvalue weighted by Gasteiger charge is -2.39. The van der Waals surface area contributed by atoms with Gasteiger partial charge in [0.1, 0.15) is 0 Å². The Morgan fingerprint density at radius 2 is 1.70 bits per heavy atom. The maximum atomic E-state index is 12.5. The van der Waals surface area contributed by atoms with Crippen LogP contribution >= 0.6 is 0 Å². The number of benzene rings is 3. The zero-order chi connectivity index (χ0) is 27.9. The Morgan fingerprint density at radius 3 is 2.38 bits per heavy atom. The fourth-order valence-electron chi connectivity index (χ4n) is 4.92. The number of likely N-dealkylation sites (N-methyl/N-ethyl adjacent to an activating group) is 1. The predicted octanol–water partition coefficient (Wildman–Crippen LogP) is 6.06. The van der Waals surface area contributed by atoms with Gasteiger partial charge in [-0.15, -0.1) is 0 Å². The number of hydrogen-bond donors (Lipinski definition) is 2. The van der Waals surface area contributed by atoms with Gasteiger partial charge in [0.05, 0.1) is 24.4 Å². The molecule has 206 valence electrons.